The van der Waals surface area contributed by atoms with Crippen molar-refractivity contribution >= 4 is 41.5 Å². The first-order chi connectivity index (χ1) is 9.40. The molecule has 1 aliphatic heterocycles. The Bertz CT molecular complexity index is 539. The average molecular weight is 354 g/mol. The van der Waals surface area contributed by atoms with Crippen LogP contribution in [0.15, 0.2) is 12.1 Å². The van der Waals surface area contributed by atoms with Gasteiger partial charge in [-0.3, -0.25) is 4.79 Å². The molecule has 1 aliphatic rings. The van der Waals surface area contributed by atoms with E-state index in [1.807, 2.05) is 0 Å². The van der Waals surface area contributed by atoms with Crippen LogP contribution in [0.4, 0.5) is 0 Å². The maximum Gasteiger partial charge on any atom is 0.257 e. The van der Waals surface area contributed by atoms with Crippen molar-refractivity contribution in [3.63, 3.8) is 0 Å². The summed E-state index contributed by atoms with van der Waals surface area (Å²) in [5.41, 5.74) is 6.19. The minimum atomic E-state index is -0.0995. The van der Waals surface area contributed by atoms with E-state index in [1.165, 1.54) is 7.11 Å². The highest BCUT2D eigenvalue weighted by Crippen LogP contribution is 2.34. The maximum atomic E-state index is 12.6. The van der Waals surface area contributed by atoms with Crippen LogP contribution in [0.25, 0.3) is 0 Å². The summed E-state index contributed by atoms with van der Waals surface area (Å²) in [5.74, 6) is 0.336. The first kappa shape index (κ1) is 18.4. The van der Waals surface area contributed by atoms with Crippen LogP contribution >= 0.6 is 35.6 Å². The van der Waals surface area contributed by atoms with Crippen molar-refractivity contribution < 1.29 is 9.53 Å². The van der Waals surface area contributed by atoms with Gasteiger partial charge in [0.05, 0.1) is 22.7 Å². The normalized spacial score (nSPS) is 21.1. The van der Waals surface area contributed by atoms with Crippen LogP contribution in [0.3, 0.4) is 0 Å². The molecule has 1 fully saturated rings. The van der Waals surface area contributed by atoms with Gasteiger partial charge >= 0.3 is 0 Å². The lowest BCUT2D eigenvalue weighted by Gasteiger charge is -2.23. The van der Waals surface area contributed by atoms with E-state index in [9.17, 15) is 4.79 Å². The SMILES string of the molecule is COc1cc(Cl)c(Cl)cc1C(=O)N1CCC(C)(CN)C1.Cl. The third kappa shape index (κ3) is 3.75. The molecule has 0 aromatic heterocycles. The van der Waals surface area contributed by atoms with Gasteiger partial charge in [0, 0.05) is 19.2 Å². The van der Waals surface area contributed by atoms with Gasteiger partial charge in [0.2, 0.25) is 0 Å². The van der Waals surface area contributed by atoms with E-state index in [4.69, 9.17) is 33.7 Å². The molecule has 2 N–H and O–H groups in total. The average Bonchev–Trinajstić information content (AvgIpc) is 2.84. The standard InChI is InChI=1S/C14H18Cl2N2O2.ClH/c1-14(7-17)3-4-18(8-14)13(19)9-5-10(15)11(16)6-12(9)20-2;/h5-6H,3-4,7-8,17H2,1-2H3;1H. The monoisotopic (exact) mass is 352 g/mol. The van der Waals surface area contributed by atoms with E-state index in [-0.39, 0.29) is 23.7 Å². The molecule has 2 rings (SSSR count). The molecule has 1 saturated heterocycles. The molecule has 1 aromatic carbocycles. The summed E-state index contributed by atoms with van der Waals surface area (Å²) in [6, 6.07) is 3.12. The Kier molecular flexibility index (Phi) is 6.17. The molecule has 1 aromatic rings. The Morgan fingerprint density at radius 2 is 2.05 bits per heavy atom. The van der Waals surface area contributed by atoms with E-state index in [0.29, 0.717) is 41.0 Å². The van der Waals surface area contributed by atoms with E-state index in [0.717, 1.165) is 6.42 Å². The summed E-state index contributed by atoms with van der Waals surface area (Å²) in [7, 11) is 1.50. The molecule has 118 valence electrons. The number of nitrogens with zero attached hydrogens (tertiary/aromatic N) is 1. The molecule has 0 saturated carbocycles. The number of benzene rings is 1. The van der Waals surface area contributed by atoms with Gasteiger partial charge < -0.3 is 15.4 Å². The molecule has 21 heavy (non-hydrogen) atoms. The van der Waals surface area contributed by atoms with Crippen molar-refractivity contribution in [3.8, 4) is 5.75 Å². The summed E-state index contributed by atoms with van der Waals surface area (Å²) in [6.07, 6.45) is 0.902. The number of likely N-dealkylation sites (tertiary alicyclic amines) is 1. The predicted molar refractivity (Wildman–Crippen MR) is 87.9 cm³/mol. The molecule has 1 unspecified atom stereocenters. The largest absolute Gasteiger partial charge is 0.496 e. The Balaban J connectivity index is 0.00000220. The van der Waals surface area contributed by atoms with Crippen LogP contribution in [0.1, 0.15) is 23.7 Å². The quantitative estimate of drug-likeness (QED) is 0.907. The Labute approximate surface area is 140 Å². The number of rotatable bonds is 3. The number of carbonyl (C=O) groups excluding carboxylic acids is 1. The van der Waals surface area contributed by atoms with E-state index >= 15 is 0 Å². The molecule has 0 spiro atoms. The van der Waals surface area contributed by atoms with E-state index in [1.54, 1.807) is 17.0 Å². The fourth-order valence-electron chi connectivity index (χ4n) is 2.40. The predicted octanol–water partition coefficient (Wildman–Crippen LogP) is 3.23. The highest BCUT2D eigenvalue weighted by atomic mass is 35.5. The van der Waals surface area contributed by atoms with Crippen LogP contribution < -0.4 is 10.5 Å². The van der Waals surface area contributed by atoms with Gasteiger partial charge in [-0.1, -0.05) is 30.1 Å². The fourth-order valence-corrected chi connectivity index (χ4v) is 2.72. The van der Waals surface area contributed by atoms with Crippen LogP contribution in [-0.2, 0) is 0 Å². The lowest BCUT2D eigenvalue weighted by Crippen LogP contribution is -2.34. The second kappa shape index (κ2) is 7.05. The Morgan fingerprint density at radius 1 is 1.43 bits per heavy atom. The van der Waals surface area contributed by atoms with Crippen molar-refractivity contribution in [1.82, 2.24) is 4.90 Å². The van der Waals surface area contributed by atoms with Gasteiger partial charge in [-0.25, -0.2) is 0 Å². The molecule has 1 atom stereocenters. The molecular weight excluding hydrogens is 335 g/mol. The topological polar surface area (TPSA) is 55.6 Å². The Morgan fingerprint density at radius 3 is 2.57 bits per heavy atom. The zero-order chi connectivity index (χ0) is 14.9. The van der Waals surface area contributed by atoms with Gasteiger partial charge in [0.25, 0.3) is 5.91 Å². The minimum Gasteiger partial charge on any atom is -0.496 e. The van der Waals surface area contributed by atoms with Gasteiger partial charge in [-0.2, -0.15) is 0 Å². The number of halogens is 3. The van der Waals surface area contributed by atoms with Crippen LogP contribution in [0.2, 0.25) is 10.0 Å². The number of carbonyl (C=O) groups is 1. The summed E-state index contributed by atoms with van der Waals surface area (Å²) in [4.78, 5) is 14.4. The van der Waals surface area contributed by atoms with Crippen molar-refractivity contribution in [2.45, 2.75) is 13.3 Å². The molecule has 0 bridgehead atoms. The summed E-state index contributed by atoms with van der Waals surface area (Å²) < 4.78 is 5.22. The van der Waals surface area contributed by atoms with Crippen molar-refractivity contribution in [2.24, 2.45) is 11.1 Å². The lowest BCUT2D eigenvalue weighted by atomic mass is 9.90. The fraction of sp³-hybridized carbons (Fsp3) is 0.500. The van der Waals surface area contributed by atoms with Gasteiger partial charge in [0.15, 0.2) is 0 Å². The third-order valence-electron chi connectivity index (χ3n) is 3.81. The lowest BCUT2D eigenvalue weighted by molar-refractivity contribution is 0.0773. The third-order valence-corrected chi connectivity index (χ3v) is 4.53. The number of hydrogen-bond donors (Lipinski definition) is 1. The van der Waals surface area contributed by atoms with Crippen LogP contribution in [-0.4, -0.2) is 37.6 Å². The van der Waals surface area contributed by atoms with Crippen molar-refractivity contribution in [1.29, 1.82) is 0 Å². The number of amides is 1. The zero-order valence-corrected chi connectivity index (χ0v) is 14.3. The number of nitrogens with two attached hydrogens (primary N) is 1. The Hall–Kier alpha value is -0.680. The van der Waals surface area contributed by atoms with E-state index in [2.05, 4.69) is 6.92 Å². The van der Waals surface area contributed by atoms with Gasteiger partial charge in [0.1, 0.15) is 5.75 Å². The summed E-state index contributed by atoms with van der Waals surface area (Å²) in [5, 5.41) is 0.713. The molecular formula is C14H19Cl3N2O2. The number of hydrogen-bond acceptors (Lipinski definition) is 3. The van der Waals surface area contributed by atoms with Crippen molar-refractivity contribution in [3.05, 3.63) is 27.7 Å². The first-order valence-corrected chi connectivity index (χ1v) is 7.18. The van der Waals surface area contributed by atoms with Gasteiger partial charge in [-0.15, -0.1) is 12.4 Å². The second-order valence-corrected chi connectivity index (χ2v) is 6.27. The number of ether oxygens (including phenoxy) is 1. The minimum absolute atomic E-state index is 0. The zero-order valence-electron chi connectivity index (χ0n) is 12.0. The highest BCUT2D eigenvalue weighted by molar-refractivity contribution is 6.42. The molecule has 7 heteroatoms. The second-order valence-electron chi connectivity index (χ2n) is 5.46. The first-order valence-electron chi connectivity index (χ1n) is 6.42. The summed E-state index contributed by atoms with van der Waals surface area (Å²) >= 11 is 11.9. The molecule has 4 nitrogen and oxygen atoms in total. The molecule has 1 heterocycles. The molecule has 1 amide bonds. The maximum absolute atomic E-state index is 12.6. The molecule has 0 aliphatic carbocycles. The van der Waals surface area contributed by atoms with Crippen molar-refractivity contribution in [2.75, 3.05) is 26.7 Å². The van der Waals surface area contributed by atoms with Crippen LogP contribution in [0.5, 0.6) is 5.75 Å². The van der Waals surface area contributed by atoms with E-state index < -0.39 is 0 Å². The van der Waals surface area contributed by atoms with Crippen LogP contribution in [0, 0.1) is 5.41 Å². The highest BCUT2D eigenvalue weighted by Gasteiger charge is 2.36. The molecule has 0 radical (unpaired) electrons. The van der Waals surface area contributed by atoms with Gasteiger partial charge in [-0.05, 0) is 24.4 Å². The number of methoxy groups -OCH3 is 1. The summed E-state index contributed by atoms with van der Waals surface area (Å²) in [6.45, 7) is 3.99. The smallest absolute Gasteiger partial charge is 0.257 e.